The molecule has 0 aliphatic carbocycles. The number of hydrogen-bond donors (Lipinski definition) is 2. The minimum Gasteiger partial charge on any atom is -0.415 e. The van der Waals surface area contributed by atoms with E-state index in [1.807, 2.05) is 0 Å². The molecule has 0 saturated carbocycles. The molecule has 0 spiro atoms. The molecular weight excluding hydrogens is 410 g/mol. The average Bonchev–Trinajstić information content (AvgIpc) is 3.49. The molecule has 2 aliphatic heterocycles. The van der Waals surface area contributed by atoms with Crippen molar-refractivity contribution in [3.8, 4) is 0 Å². The number of carbonyl (C=O) groups excluding carboxylic acids is 2. The Kier molecular flexibility index (Phi) is 5.56. The van der Waals surface area contributed by atoms with Crippen LogP contribution in [0.25, 0.3) is 0 Å². The van der Waals surface area contributed by atoms with Gasteiger partial charge in [0.15, 0.2) is 5.78 Å². The lowest BCUT2D eigenvalue weighted by molar-refractivity contribution is 0.0750. The Morgan fingerprint density at radius 2 is 1.87 bits per heavy atom. The molecule has 2 fully saturated rings. The van der Waals surface area contributed by atoms with Crippen LogP contribution in [0.5, 0.6) is 0 Å². The van der Waals surface area contributed by atoms with Gasteiger partial charge in [-0.25, -0.2) is 8.42 Å². The second-order valence-corrected chi connectivity index (χ2v) is 9.50. The maximum Gasteiger partial charge on any atom is 0.311 e. The molecule has 2 aliphatic rings. The van der Waals surface area contributed by atoms with Crippen LogP contribution in [0.1, 0.15) is 59.2 Å². The van der Waals surface area contributed by atoms with E-state index in [9.17, 15) is 18.0 Å². The predicted molar refractivity (Wildman–Crippen MR) is 108 cm³/mol. The summed E-state index contributed by atoms with van der Waals surface area (Å²) in [7, 11) is -3.67. The molecule has 30 heavy (non-hydrogen) atoms. The highest BCUT2D eigenvalue weighted by atomic mass is 32.2. The second kappa shape index (κ2) is 8.15. The summed E-state index contributed by atoms with van der Waals surface area (Å²) in [5, 5.41) is 10.2. The number of likely N-dealkylation sites (tertiary alicyclic amines) is 1. The van der Waals surface area contributed by atoms with Gasteiger partial charge in [-0.2, -0.15) is 0 Å². The van der Waals surface area contributed by atoms with Gasteiger partial charge in [0.1, 0.15) is 0 Å². The fourth-order valence-corrected chi connectivity index (χ4v) is 5.06. The number of amides is 1. The van der Waals surface area contributed by atoms with Gasteiger partial charge < -0.3 is 14.6 Å². The van der Waals surface area contributed by atoms with Crippen molar-refractivity contribution in [2.75, 3.05) is 24.4 Å². The predicted octanol–water partition coefficient (Wildman–Crippen LogP) is 1.35. The smallest absolute Gasteiger partial charge is 0.311 e. The molecule has 2 unspecified atom stereocenters. The zero-order valence-electron chi connectivity index (χ0n) is 16.5. The average molecular weight is 433 g/mol. The molecule has 4 rings (SSSR count). The molecule has 1 aromatic heterocycles. The first-order valence-corrected chi connectivity index (χ1v) is 11.4. The van der Waals surface area contributed by atoms with Gasteiger partial charge in [-0.15, -0.1) is 10.2 Å². The van der Waals surface area contributed by atoms with Crippen molar-refractivity contribution < 1.29 is 22.4 Å². The molecule has 1 amide bonds. The highest BCUT2D eigenvalue weighted by molar-refractivity contribution is 7.93. The van der Waals surface area contributed by atoms with Gasteiger partial charge in [-0.1, -0.05) is 0 Å². The van der Waals surface area contributed by atoms with E-state index in [0.29, 0.717) is 24.3 Å². The van der Waals surface area contributed by atoms with Crippen LogP contribution in [0.15, 0.2) is 28.7 Å². The monoisotopic (exact) mass is 433 g/mol. The van der Waals surface area contributed by atoms with Crippen molar-refractivity contribution in [1.29, 1.82) is 0 Å². The highest BCUT2D eigenvalue weighted by Crippen LogP contribution is 2.28. The van der Waals surface area contributed by atoms with Crippen molar-refractivity contribution in [3.63, 3.8) is 0 Å². The summed E-state index contributed by atoms with van der Waals surface area (Å²) in [4.78, 5) is 25.4. The van der Waals surface area contributed by atoms with Crippen LogP contribution in [0, 0.1) is 0 Å². The molecule has 10 nitrogen and oxygen atoms in total. The van der Waals surface area contributed by atoms with Gasteiger partial charge in [-0.3, -0.25) is 14.3 Å². The number of anilines is 1. The Morgan fingerprint density at radius 3 is 2.53 bits per heavy atom. The van der Waals surface area contributed by atoms with Gasteiger partial charge in [0.2, 0.25) is 15.9 Å². The number of carbonyl (C=O) groups is 2. The number of hydrogen-bond acceptors (Lipinski definition) is 8. The Labute approximate surface area is 174 Å². The first-order chi connectivity index (χ1) is 14.3. The lowest BCUT2D eigenvalue weighted by atomic mass is 10.1. The Balaban J connectivity index is 1.40. The Bertz CT molecular complexity index is 1040. The minimum atomic E-state index is -3.67. The van der Waals surface area contributed by atoms with Crippen molar-refractivity contribution >= 4 is 27.4 Å². The Hall–Kier alpha value is -2.79. The number of aromatic nitrogens is 2. The maximum atomic E-state index is 12.7. The standard InChI is InChI=1S/C19H23N5O5S/c1-12(25)13-4-6-14(7-5-13)23-30(27,28)15-10-16(20-11-15)17-21-22-18(29-17)19(26)24-8-2-3-9-24/h4-7,15-16,20,23H,2-3,8-11H2,1H3. The summed E-state index contributed by atoms with van der Waals surface area (Å²) in [5.41, 5.74) is 0.899. The van der Waals surface area contributed by atoms with Crippen molar-refractivity contribution in [1.82, 2.24) is 20.4 Å². The van der Waals surface area contributed by atoms with Crippen LogP contribution in [0.2, 0.25) is 0 Å². The van der Waals surface area contributed by atoms with E-state index in [4.69, 9.17) is 4.42 Å². The zero-order valence-corrected chi connectivity index (χ0v) is 17.3. The summed E-state index contributed by atoms with van der Waals surface area (Å²) in [6, 6.07) is 5.82. The molecule has 2 N–H and O–H groups in total. The molecule has 1 aromatic carbocycles. The number of Topliss-reactive ketones (excluding diaryl/α,β-unsaturated/α-hetero) is 1. The second-order valence-electron chi connectivity index (χ2n) is 7.54. The van der Waals surface area contributed by atoms with E-state index in [-0.39, 0.29) is 36.4 Å². The first-order valence-electron chi connectivity index (χ1n) is 9.82. The minimum absolute atomic E-state index is 0.0660. The first kappa shape index (κ1) is 20.5. The van der Waals surface area contributed by atoms with E-state index in [0.717, 1.165) is 12.8 Å². The molecular formula is C19H23N5O5S. The fourth-order valence-electron chi connectivity index (χ4n) is 3.67. The van der Waals surface area contributed by atoms with Gasteiger partial charge >= 0.3 is 11.8 Å². The Morgan fingerprint density at radius 1 is 1.17 bits per heavy atom. The van der Waals surface area contributed by atoms with E-state index in [1.54, 1.807) is 29.2 Å². The number of nitrogens with one attached hydrogen (secondary N) is 2. The largest absolute Gasteiger partial charge is 0.415 e. The van der Waals surface area contributed by atoms with Gasteiger partial charge in [-0.05, 0) is 50.5 Å². The van der Waals surface area contributed by atoms with Crippen LogP contribution < -0.4 is 10.0 Å². The summed E-state index contributed by atoms with van der Waals surface area (Å²) in [5.74, 6) is -0.233. The van der Waals surface area contributed by atoms with Crippen LogP contribution in [-0.2, 0) is 10.0 Å². The number of ketones is 1. The maximum absolute atomic E-state index is 12.7. The molecule has 11 heteroatoms. The molecule has 0 radical (unpaired) electrons. The van der Waals surface area contributed by atoms with Crippen LogP contribution in [-0.4, -0.2) is 60.1 Å². The van der Waals surface area contributed by atoms with Crippen LogP contribution in [0.4, 0.5) is 5.69 Å². The van der Waals surface area contributed by atoms with Crippen molar-refractivity contribution in [2.45, 2.75) is 37.5 Å². The molecule has 160 valence electrons. The molecule has 0 bridgehead atoms. The van der Waals surface area contributed by atoms with Gasteiger partial charge in [0, 0.05) is 30.9 Å². The highest BCUT2D eigenvalue weighted by Gasteiger charge is 2.38. The van der Waals surface area contributed by atoms with Gasteiger partial charge in [0.25, 0.3) is 0 Å². The van der Waals surface area contributed by atoms with E-state index in [1.165, 1.54) is 6.92 Å². The number of benzene rings is 1. The number of nitrogens with zero attached hydrogens (tertiary/aromatic N) is 3. The third-order valence-corrected chi connectivity index (χ3v) is 7.15. The SMILES string of the molecule is CC(=O)c1ccc(NS(=O)(=O)C2CNC(c3nnc(C(=O)N4CCCC4)o3)C2)cc1. The molecule has 2 aromatic rings. The summed E-state index contributed by atoms with van der Waals surface area (Å²) >= 11 is 0. The number of rotatable bonds is 6. The van der Waals surface area contributed by atoms with Crippen molar-refractivity contribution in [2.24, 2.45) is 0 Å². The summed E-state index contributed by atoms with van der Waals surface area (Å²) in [6.45, 7) is 3.02. The normalized spacial score (nSPS) is 21.7. The third-order valence-electron chi connectivity index (χ3n) is 5.40. The number of sulfonamides is 1. The van der Waals surface area contributed by atoms with Gasteiger partial charge in [0.05, 0.1) is 11.3 Å². The van der Waals surface area contributed by atoms with Crippen molar-refractivity contribution in [3.05, 3.63) is 41.6 Å². The lowest BCUT2D eigenvalue weighted by Gasteiger charge is -2.13. The quantitative estimate of drug-likeness (QED) is 0.652. The molecule has 3 heterocycles. The van der Waals surface area contributed by atoms with Crippen LogP contribution in [0.3, 0.4) is 0 Å². The van der Waals surface area contributed by atoms with E-state index >= 15 is 0 Å². The summed E-state index contributed by atoms with van der Waals surface area (Å²) < 4.78 is 33.6. The zero-order chi connectivity index (χ0) is 21.3. The lowest BCUT2D eigenvalue weighted by Crippen LogP contribution is -2.29. The topological polar surface area (TPSA) is 134 Å². The van der Waals surface area contributed by atoms with E-state index < -0.39 is 21.3 Å². The summed E-state index contributed by atoms with van der Waals surface area (Å²) in [6.07, 6.45) is 2.16. The molecule has 2 atom stereocenters. The fraction of sp³-hybridized carbons (Fsp3) is 0.474. The molecule has 2 saturated heterocycles. The van der Waals surface area contributed by atoms with Crippen LogP contribution >= 0.6 is 0 Å². The third kappa shape index (κ3) is 4.21. The van der Waals surface area contributed by atoms with E-state index in [2.05, 4.69) is 20.2 Å².